The van der Waals surface area contributed by atoms with Crippen molar-refractivity contribution in [2.24, 2.45) is 0 Å². The van der Waals surface area contributed by atoms with Gasteiger partial charge >= 0.3 is 0 Å². The highest BCUT2D eigenvalue weighted by molar-refractivity contribution is 5.96. The van der Waals surface area contributed by atoms with Gasteiger partial charge in [-0.1, -0.05) is 30.9 Å². The molecule has 0 amide bonds. The summed E-state index contributed by atoms with van der Waals surface area (Å²) in [6.45, 7) is 2.52. The van der Waals surface area contributed by atoms with Gasteiger partial charge in [0, 0.05) is 17.5 Å². The Hall–Kier alpha value is -1.59. The summed E-state index contributed by atoms with van der Waals surface area (Å²) in [5.41, 5.74) is 1.64. The maximum Gasteiger partial charge on any atom is 0.162 e. The van der Waals surface area contributed by atoms with Crippen LogP contribution in [0.25, 0.3) is 0 Å². The Kier molecular flexibility index (Phi) is 4.59. The molecule has 0 aliphatic rings. The van der Waals surface area contributed by atoms with Crippen molar-refractivity contribution < 1.29 is 4.79 Å². The number of nitrogens with one attached hydrogen (secondary N) is 1. The van der Waals surface area contributed by atoms with E-state index in [1.165, 1.54) is 0 Å². The zero-order valence-corrected chi connectivity index (χ0v) is 9.13. The lowest BCUT2D eigenvalue weighted by Crippen LogP contribution is -2.04. The first-order valence-corrected chi connectivity index (χ1v) is 5.04. The first kappa shape index (κ1) is 11.5. The Labute approximate surface area is 90.7 Å². The first-order valence-electron chi connectivity index (χ1n) is 5.04. The lowest BCUT2D eigenvalue weighted by atomic mass is 10.1. The van der Waals surface area contributed by atoms with Gasteiger partial charge in [0.25, 0.3) is 0 Å². The highest BCUT2D eigenvalue weighted by Crippen LogP contribution is 2.06. The SMILES string of the molecule is CCC(=O)c1cccc(C#CCNC)c1. The minimum Gasteiger partial charge on any atom is -0.309 e. The van der Waals surface area contributed by atoms with E-state index in [1.54, 1.807) is 0 Å². The van der Waals surface area contributed by atoms with E-state index in [9.17, 15) is 4.79 Å². The summed E-state index contributed by atoms with van der Waals surface area (Å²) in [7, 11) is 1.85. The van der Waals surface area contributed by atoms with Crippen LogP contribution >= 0.6 is 0 Å². The van der Waals surface area contributed by atoms with Gasteiger partial charge in [0.05, 0.1) is 6.54 Å². The molecule has 0 aromatic heterocycles. The number of benzene rings is 1. The lowest BCUT2D eigenvalue weighted by molar-refractivity contribution is 0.0988. The number of hydrogen-bond acceptors (Lipinski definition) is 2. The van der Waals surface area contributed by atoms with E-state index < -0.39 is 0 Å². The number of ketones is 1. The van der Waals surface area contributed by atoms with Crippen LogP contribution in [0, 0.1) is 11.8 Å². The molecule has 1 aromatic carbocycles. The van der Waals surface area contributed by atoms with Crippen LogP contribution in [-0.4, -0.2) is 19.4 Å². The Bertz CT molecular complexity index is 398. The average molecular weight is 201 g/mol. The zero-order valence-electron chi connectivity index (χ0n) is 9.13. The topological polar surface area (TPSA) is 29.1 Å². The average Bonchev–Trinajstić information content (AvgIpc) is 2.29. The van der Waals surface area contributed by atoms with Gasteiger partial charge in [-0.25, -0.2) is 0 Å². The molecule has 1 rings (SSSR count). The summed E-state index contributed by atoms with van der Waals surface area (Å²) in [5.74, 6) is 6.12. The molecule has 0 bridgehead atoms. The minimum atomic E-state index is 0.160. The fraction of sp³-hybridized carbons (Fsp3) is 0.308. The Morgan fingerprint density at radius 1 is 1.47 bits per heavy atom. The predicted octanol–water partition coefficient (Wildman–Crippen LogP) is 1.85. The smallest absolute Gasteiger partial charge is 0.162 e. The summed E-state index contributed by atoms with van der Waals surface area (Å²) < 4.78 is 0. The summed E-state index contributed by atoms with van der Waals surface area (Å²) >= 11 is 0. The Balaban J connectivity index is 2.84. The van der Waals surface area contributed by atoms with Gasteiger partial charge in [0.1, 0.15) is 0 Å². The van der Waals surface area contributed by atoms with E-state index in [4.69, 9.17) is 0 Å². The molecule has 0 radical (unpaired) electrons. The quantitative estimate of drug-likeness (QED) is 0.597. The molecule has 0 unspecified atom stereocenters. The first-order chi connectivity index (χ1) is 7.27. The van der Waals surface area contributed by atoms with Crippen LogP contribution in [0.1, 0.15) is 29.3 Å². The Morgan fingerprint density at radius 3 is 2.93 bits per heavy atom. The molecular weight excluding hydrogens is 186 g/mol. The molecule has 2 heteroatoms. The second kappa shape index (κ2) is 6.00. The molecule has 0 saturated heterocycles. The molecule has 78 valence electrons. The Morgan fingerprint density at radius 2 is 2.27 bits per heavy atom. The van der Waals surface area contributed by atoms with Crippen LogP contribution in [0.4, 0.5) is 0 Å². The number of rotatable bonds is 3. The van der Waals surface area contributed by atoms with Crippen LogP contribution in [0.5, 0.6) is 0 Å². The third kappa shape index (κ3) is 3.57. The zero-order chi connectivity index (χ0) is 11.1. The molecule has 2 nitrogen and oxygen atoms in total. The van der Waals surface area contributed by atoms with Crippen molar-refractivity contribution in [2.75, 3.05) is 13.6 Å². The van der Waals surface area contributed by atoms with Crippen molar-refractivity contribution in [1.29, 1.82) is 0 Å². The van der Waals surface area contributed by atoms with Crippen molar-refractivity contribution >= 4 is 5.78 Å². The van der Waals surface area contributed by atoms with Crippen molar-refractivity contribution in [3.63, 3.8) is 0 Å². The summed E-state index contributed by atoms with van der Waals surface area (Å²) in [4.78, 5) is 11.4. The molecule has 15 heavy (non-hydrogen) atoms. The van der Waals surface area contributed by atoms with Crippen LogP contribution in [0.3, 0.4) is 0 Å². The van der Waals surface area contributed by atoms with Gasteiger partial charge in [-0.15, -0.1) is 0 Å². The van der Waals surface area contributed by atoms with Gasteiger partial charge in [-0.05, 0) is 19.2 Å². The molecule has 1 aromatic rings. The normalized spacial score (nSPS) is 9.20. The van der Waals surface area contributed by atoms with Crippen LogP contribution < -0.4 is 5.32 Å². The highest BCUT2D eigenvalue weighted by Gasteiger charge is 2.01. The molecule has 0 aliphatic heterocycles. The monoisotopic (exact) mass is 201 g/mol. The van der Waals surface area contributed by atoms with Gasteiger partial charge < -0.3 is 5.32 Å². The van der Waals surface area contributed by atoms with Crippen molar-refractivity contribution in [3.8, 4) is 11.8 Å². The van der Waals surface area contributed by atoms with Crippen molar-refractivity contribution in [2.45, 2.75) is 13.3 Å². The van der Waals surface area contributed by atoms with E-state index in [1.807, 2.05) is 38.2 Å². The maximum absolute atomic E-state index is 11.4. The van der Waals surface area contributed by atoms with Gasteiger partial charge in [0.2, 0.25) is 0 Å². The fourth-order valence-corrected chi connectivity index (χ4v) is 1.21. The predicted molar refractivity (Wildman–Crippen MR) is 61.9 cm³/mol. The fourth-order valence-electron chi connectivity index (χ4n) is 1.21. The highest BCUT2D eigenvalue weighted by atomic mass is 16.1. The third-order valence-corrected chi connectivity index (χ3v) is 2.00. The van der Waals surface area contributed by atoms with E-state index in [0.717, 1.165) is 11.1 Å². The maximum atomic E-state index is 11.4. The number of carbonyl (C=O) groups is 1. The van der Waals surface area contributed by atoms with Crippen molar-refractivity contribution in [3.05, 3.63) is 35.4 Å². The minimum absolute atomic E-state index is 0.160. The van der Waals surface area contributed by atoms with Crippen LogP contribution in [0.2, 0.25) is 0 Å². The summed E-state index contributed by atoms with van der Waals surface area (Å²) in [5, 5.41) is 2.95. The molecule has 0 saturated carbocycles. The number of carbonyl (C=O) groups excluding carboxylic acids is 1. The summed E-state index contributed by atoms with van der Waals surface area (Å²) in [6, 6.07) is 7.45. The number of Topliss-reactive ketones (excluding diaryl/α,β-unsaturated/α-hetero) is 1. The van der Waals surface area contributed by atoms with Gasteiger partial charge in [-0.2, -0.15) is 0 Å². The second-order valence-electron chi connectivity index (χ2n) is 3.19. The number of hydrogen-bond donors (Lipinski definition) is 1. The van der Waals surface area contributed by atoms with E-state index in [0.29, 0.717) is 13.0 Å². The van der Waals surface area contributed by atoms with E-state index >= 15 is 0 Å². The molecule has 0 heterocycles. The van der Waals surface area contributed by atoms with E-state index in [2.05, 4.69) is 17.2 Å². The second-order valence-corrected chi connectivity index (χ2v) is 3.19. The molecule has 0 fully saturated rings. The van der Waals surface area contributed by atoms with Crippen molar-refractivity contribution in [1.82, 2.24) is 5.32 Å². The van der Waals surface area contributed by atoms with Crippen LogP contribution in [-0.2, 0) is 0 Å². The van der Waals surface area contributed by atoms with Crippen LogP contribution in [0.15, 0.2) is 24.3 Å². The largest absolute Gasteiger partial charge is 0.309 e. The van der Waals surface area contributed by atoms with Gasteiger partial charge in [-0.3, -0.25) is 4.79 Å². The molecular formula is C13H15NO. The third-order valence-electron chi connectivity index (χ3n) is 2.00. The molecule has 0 atom stereocenters. The molecule has 0 aliphatic carbocycles. The standard InChI is InChI=1S/C13H15NO/c1-3-13(15)12-8-4-6-11(10-12)7-5-9-14-2/h4,6,8,10,14H,3,9H2,1-2H3. The van der Waals surface area contributed by atoms with Gasteiger partial charge in [0.15, 0.2) is 5.78 Å². The molecule has 1 N–H and O–H groups in total. The lowest BCUT2D eigenvalue weighted by Gasteiger charge is -1.97. The van der Waals surface area contributed by atoms with E-state index in [-0.39, 0.29) is 5.78 Å². The molecule has 0 spiro atoms. The summed E-state index contributed by atoms with van der Waals surface area (Å²) in [6.07, 6.45) is 0.535.